The standard InChI is InChI=1S/C18H18O6/c19-13(7-6-11-4-2-1-3-5-11)23-10-18-14-12(8-9-22-17(14)21)15(20)16(18)24-18/h1-9,12,14-17,20-21H,10H2/b7-6-/t12-,14-,15+,16+,17-,18-/m1/s1. The van der Waals surface area contributed by atoms with Gasteiger partial charge in [-0.05, 0) is 17.7 Å². The Kier molecular flexibility index (Phi) is 3.68. The summed E-state index contributed by atoms with van der Waals surface area (Å²) in [5.41, 5.74) is 0.0237. The highest BCUT2D eigenvalue weighted by atomic mass is 16.7. The molecule has 1 aromatic rings. The van der Waals surface area contributed by atoms with Crippen molar-refractivity contribution in [1.82, 2.24) is 0 Å². The zero-order valence-electron chi connectivity index (χ0n) is 12.8. The second-order valence-corrected chi connectivity index (χ2v) is 6.29. The fourth-order valence-electron chi connectivity index (χ4n) is 3.71. The maximum Gasteiger partial charge on any atom is 0.330 e. The van der Waals surface area contributed by atoms with Crippen molar-refractivity contribution >= 4 is 12.0 Å². The van der Waals surface area contributed by atoms with Gasteiger partial charge in [0.1, 0.15) is 18.3 Å². The van der Waals surface area contributed by atoms with Gasteiger partial charge in [0.15, 0.2) is 0 Å². The van der Waals surface area contributed by atoms with Crippen LogP contribution < -0.4 is 0 Å². The molecule has 2 N–H and O–H groups in total. The van der Waals surface area contributed by atoms with E-state index in [4.69, 9.17) is 14.2 Å². The summed E-state index contributed by atoms with van der Waals surface area (Å²) in [6.07, 6.45) is 3.86. The maximum atomic E-state index is 11.9. The van der Waals surface area contributed by atoms with Crippen LogP contribution in [-0.4, -0.2) is 46.9 Å². The highest BCUT2D eigenvalue weighted by Gasteiger charge is 2.76. The summed E-state index contributed by atoms with van der Waals surface area (Å²) in [6.45, 7) is -0.0257. The van der Waals surface area contributed by atoms with E-state index in [2.05, 4.69) is 0 Å². The summed E-state index contributed by atoms with van der Waals surface area (Å²) in [4.78, 5) is 11.9. The van der Waals surface area contributed by atoms with E-state index in [0.29, 0.717) is 0 Å². The molecule has 0 aromatic heterocycles. The predicted molar refractivity (Wildman–Crippen MR) is 83.3 cm³/mol. The molecule has 2 aliphatic heterocycles. The van der Waals surface area contributed by atoms with E-state index in [0.717, 1.165) is 5.56 Å². The Morgan fingerprint density at radius 3 is 2.88 bits per heavy atom. The smallest absolute Gasteiger partial charge is 0.330 e. The molecule has 6 nitrogen and oxygen atoms in total. The van der Waals surface area contributed by atoms with Gasteiger partial charge in [-0.1, -0.05) is 30.3 Å². The largest absolute Gasteiger partial charge is 0.473 e. The van der Waals surface area contributed by atoms with Crippen molar-refractivity contribution < 1.29 is 29.2 Å². The summed E-state index contributed by atoms with van der Waals surface area (Å²) in [5.74, 6) is -1.21. The molecule has 0 radical (unpaired) electrons. The van der Waals surface area contributed by atoms with Gasteiger partial charge in [-0.15, -0.1) is 0 Å². The number of carbonyl (C=O) groups excluding carboxylic acids is 1. The quantitative estimate of drug-likeness (QED) is 0.483. The fourth-order valence-corrected chi connectivity index (χ4v) is 3.71. The van der Waals surface area contributed by atoms with Gasteiger partial charge in [-0.3, -0.25) is 0 Å². The number of aliphatic hydroxyl groups excluding tert-OH is 2. The van der Waals surface area contributed by atoms with Crippen molar-refractivity contribution in [2.75, 3.05) is 6.61 Å². The second kappa shape index (κ2) is 5.73. The Labute approximate surface area is 139 Å². The molecule has 1 saturated carbocycles. The first kappa shape index (κ1) is 15.4. The van der Waals surface area contributed by atoms with Crippen LogP contribution in [0.5, 0.6) is 0 Å². The Balaban J connectivity index is 1.40. The molecular weight excluding hydrogens is 312 g/mol. The van der Waals surface area contributed by atoms with E-state index >= 15 is 0 Å². The van der Waals surface area contributed by atoms with Gasteiger partial charge in [0.05, 0.1) is 18.3 Å². The van der Waals surface area contributed by atoms with E-state index in [1.165, 1.54) is 12.3 Å². The van der Waals surface area contributed by atoms with Gasteiger partial charge in [-0.25, -0.2) is 4.79 Å². The number of carbonyl (C=O) groups is 1. The van der Waals surface area contributed by atoms with Gasteiger partial charge >= 0.3 is 5.97 Å². The van der Waals surface area contributed by atoms with E-state index in [9.17, 15) is 15.0 Å². The number of rotatable bonds is 4. The SMILES string of the molecule is O=C(/C=C\c1ccccc1)OC[C@]12O[C@H]1[C@@H](O)[C@@H]1C=CO[C@@H](O)[C@@H]12. The molecule has 0 unspecified atom stereocenters. The first-order valence-corrected chi connectivity index (χ1v) is 7.88. The molecule has 1 aliphatic carbocycles. The Bertz CT molecular complexity index is 684. The summed E-state index contributed by atoms with van der Waals surface area (Å²) in [5, 5.41) is 20.3. The predicted octanol–water partition coefficient (Wildman–Crippen LogP) is 0.850. The number of esters is 1. The monoisotopic (exact) mass is 330 g/mol. The first-order chi connectivity index (χ1) is 11.6. The normalized spacial score (nSPS) is 39.2. The van der Waals surface area contributed by atoms with E-state index in [-0.39, 0.29) is 12.5 Å². The van der Waals surface area contributed by atoms with Gasteiger partial charge in [0.25, 0.3) is 0 Å². The van der Waals surface area contributed by atoms with Crippen LogP contribution in [0.3, 0.4) is 0 Å². The highest BCUT2D eigenvalue weighted by Crippen LogP contribution is 2.59. The lowest BCUT2D eigenvalue weighted by molar-refractivity contribution is -0.159. The summed E-state index contributed by atoms with van der Waals surface area (Å²) in [6, 6.07) is 9.41. The molecule has 6 heteroatoms. The molecule has 24 heavy (non-hydrogen) atoms. The third-order valence-corrected chi connectivity index (χ3v) is 4.93. The number of hydrogen-bond acceptors (Lipinski definition) is 6. The van der Waals surface area contributed by atoms with Crippen LogP contribution in [0.15, 0.2) is 48.7 Å². The summed E-state index contributed by atoms with van der Waals surface area (Å²) >= 11 is 0. The van der Waals surface area contributed by atoms with Crippen molar-refractivity contribution in [1.29, 1.82) is 0 Å². The number of aliphatic hydroxyl groups is 2. The van der Waals surface area contributed by atoms with E-state index in [1.54, 1.807) is 12.2 Å². The molecule has 1 saturated heterocycles. The van der Waals surface area contributed by atoms with E-state index in [1.807, 2.05) is 30.3 Å². The lowest BCUT2D eigenvalue weighted by Gasteiger charge is -2.32. The number of fused-ring (bicyclic) bond motifs is 3. The zero-order chi connectivity index (χ0) is 16.7. The molecule has 1 aromatic carbocycles. The topological polar surface area (TPSA) is 88.5 Å². The fraction of sp³-hybridized carbons (Fsp3) is 0.389. The number of hydrogen-bond donors (Lipinski definition) is 2. The van der Waals surface area contributed by atoms with Crippen molar-refractivity contribution in [3.05, 3.63) is 54.3 Å². The Morgan fingerprint density at radius 2 is 2.08 bits per heavy atom. The number of benzene rings is 1. The number of ether oxygens (including phenoxy) is 3. The van der Waals surface area contributed by atoms with Crippen molar-refractivity contribution in [2.24, 2.45) is 11.8 Å². The summed E-state index contributed by atoms with van der Waals surface area (Å²) < 4.78 is 16.0. The average molecular weight is 330 g/mol. The highest BCUT2D eigenvalue weighted by molar-refractivity contribution is 5.87. The second-order valence-electron chi connectivity index (χ2n) is 6.29. The molecule has 3 aliphatic rings. The van der Waals surface area contributed by atoms with Gasteiger partial charge in [-0.2, -0.15) is 0 Å². The van der Waals surface area contributed by atoms with Crippen molar-refractivity contribution in [3.63, 3.8) is 0 Å². The molecule has 4 rings (SSSR count). The molecule has 0 spiro atoms. The first-order valence-electron chi connectivity index (χ1n) is 7.88. The molecular formula is C18H18O6. The Hall–Kier alpha value is -2.15. The van der Waals surface area contributed by atoms with Crippen LogP contribution in [0, 0.1) is 11.8 Å². The molecule has 0 bridgehead atoms. The lowest BCUT2D eigenvalue weighted by atomic mass is 9.86. The molecule has 0 amide bonds. The average Bonchev–Trinajstić information content (AvgIpc) is 3.28. The van der Waals surface area contributed by atoms with Crippen LogP contribution in [0.1, 0.15) is 5.56 Å². The molecule has 2 fully saturated rings. The van der Waals surface area contributed by atoms with Crippen LogP contribution in [0.25, 0.3) is 6.08 Å². The van der Waals surface area contributed by atoms with Crippen molar-refractivity contribution in [3.8, 4) is 0 Å². The molecule has 2 heterocycles. The third-order valence-electron chi connectivity index (χ3n) is 4.93. The van der Waals surface area contributed by atoms with Crippen LogP contribution >= 0.6 is 0 Å². The van der Waals surface area contributed by atoms with Gasteiger partial charge in [0, 0.05) is 12.0 Å². The van der Waals surface area contributed by atoms with Gasteiger partial charge < -0.3 is 24.4 Å². The molecule has 6 atom stereocenters. The lowest BCUT2D eigenvalue weighted by Crippen LogP contribution is -2.43. The van der Waals surface area contributed by atoms with Crippen LogP contribution in [0.2, 0.25) is 0 Å². The maximum absolute atomic E-state index is 11.9. The van der Waals surface area contributed by atoms with E-state index < -0.39 is 36.0 Å². The van der Waals surface area contributed by atoms with Crippen LogP contribution in [-0.2, 0) is 19.0 Å². The Morgan fingerprint density at radius 1 is 1.29 bits per heavy atom. The van der Waals surface area contributed by atoms with Gasteiger partial charge in [0.2, 0.25) is 6.29 Å². The minimum atomic E-state index is -1.08. The minimum absolute atomic E-state index is 0.0257. The molecule has 126 valence electrons. The number of epoxide rings is 1. The summed E-state index contributed by atoms with van der Waals surface area (Å²) in [7, 11) is 0. The minimum Gasteiger partial charge on any atom is -0.473 e. The van der Waals surface area contributed by atoms with Crippen LogP contribution in [0.4, 0.5) is 0 Å². The zero-order valence-corrected chi connectivity index (χ0v) is 12.8. The third kappa shape index (κ3) is 2.43. The van der Waals surface area contributed by atoms with Crippen molar-refractivity contribution in [2.45, 2.75) is 24.1 Å².